The van der Waals surface area contributed by atoms with E-state index in [0.717, 1.165) is 0 Å². The minimum absolute atomic E-state index is 0.210. The fraction of sp³-hybridized carbons (Fsp3) is 0.211. The predicted molar refractivity (Wildman–Crippen MR) is 94.9 cm³/mol. The van der Waals surface area contributed by atoms with Crippen LogP contribution in [0.15, 0.2) is 42.5 Å². The molecule has 2 aromatic carbocycles. The molecule has 1 amide bonds. The summed E-state index contributed by atoms with van der Waals surface area (Å²) in [6.07, 6.45) is 0. The Morgan fingerprint density at radius 3 is 2.23 bits per heavy atom. The number of amides is 1. The van der Waals surface area contributed by atoms with Gasteiger partial charge >= 0.3 is 5.97 Å². The second-order valence-electron chi connectivity index (χ2n) is 5.32. The van der Waals surface area contributed by atoms with E-state index in [2.05, 4.69) is 5.32 Å². The van der Waals surface area contributed by atoms with Gasteiger partial charge in [-0.3, -0.25) is 9.59 Å². The number of ether oxygens (including phenoxy) is 3. The van der Waals surface area contributed by atoms with Gasteiger partial charge in [0.2, 0.25) is 11.7 Å². The molecule has 136 valence electrons. The number of hydrogen-bond donors (Lipinski definition) is 1. The van der Waals surface area contributed by atoms with E-state index >= 15 is 0 Å². The van der Waals surface area contributed by atoms with Crippen molar-refractivity contribution in [3.05, 3.63) is 53.6 Å². The smallest absolute Gasteiger partial charge is 0.338 e. The number of anilines is 1. The number of Topliss-reactive ketones (excluding diaryl/α,β-unsaturated/α-hetero) is 1. The number of methoxy groups -OCH3 is 2. The van der Waals surface area contributed by atoms with Gasteiger partial charge in [0.25, 0.3) is 0 Å². The highest BCUT2D eigenvalue weighted by Gasteiger charge is 2.16. The zero-order valence-corrected chi connectivity index (χ0v) is 14.7. The van der Waals surface area contributed by atoms with Gasteiger partial charge in [-0.25, -0.2) is 4.79 Å². The molecule has 0 saturated heterocycles. The third-order valence-corrected chi connectivity index (χ3v) is 3.48. The van der Waals surface area contributed by atoms with Gasteiger partial charge in [-0.05, 0) is 42.5 Å². The molecule has 0 saturated carbocycles. The Bertz CT molecular complexity index is 813. The van der Waals surface area contributed by atoms with Crippen molar-refractivity contribution in [1.82, 2.24) is 0 Å². The summed E-state index contributed by atoms with van der Waals surface area (Å²) in [7, 11) is 2.93. The molecule has 0 aliphatic heterocycles. The summed E-state index contributed by atoms with van der Waals surface area (Å²) in [6, 6.07) is 11.0. The highest BCUT2D eigenvalue weighted by molar-refractivity contribution is 6.01. The van der Waals surface area contributed by atoms with Gasteiger partial charge in [0.05, 0.1) is 25.3 Å². The fourth-order valence-electron chi connectivity index (χ4n) is 2.22. The van der Waals surface area contributed by atoms with Crippen molar-refractivity contribution >= 4 is 23.3 Å². The van der Waals surface area contributed by atoms with Crippen LogP contribution in [0.5, 0.6) is 11.5 Å². The van der Waals surface area contributed by atoms with Gasteiger partial charge in [0, 0.05) is 12.6 Å². The summed E-state index contributed by atoms with van der Waals surface area (Å²) in [5.74, 6) is -0.405. The van der Waals surface area contributed by atoms with E-state index < -0.39 is 18.4 Å². The van der Waals surface area contributed by atoms with Gasteiger partial charge in [0.1, 0.15) is 11.5 Å². The van der Waals surface area contributed by atoms with E-state index in [1.54, 1.807) is 24.3 Å². The molecular formula is C19H19NO6. The first-order valence-electron chi connectivity index (χ1n) is 7.74. The fourth-order valence-corrected chi connectivity index (χ4v) is 2.22. The highest BCUT2D eigenvalue weighted by atomic mass is 16.5. The van der Waals surface area contributed by atoms with Crippen molar-refractivity contribution in [3.8, 4) is 11.5 Å². The normalized spacial score (nSPS) is 9.96. The monoisotopic (exact) mass is 357 g/mol. The minimum atomic E-state index is -0.644. The van der Waals surface area contributed by atoms with Crippen molar-refractivity contribution in [2.24, 2.45) is 0 Å². The summed E-state index contributed by atoms with van der Waals surface area (Å²) in [5.41, 5.74) is 1.09. The average Bonchev–Trinajstić information content (AvgIpc) is 2.65. The second-order valence-corrected chi connectivity index (χ2v) is 5.32. The molecule has 0 bridgehead atoms. The number of rotatable bonds is 7. The zero-order chi connectivity index (χ0) is 19.1. The lowest BCUT2D eigenvalue weighted by atomic mass is 10.1. The second kappa shape index (κ2) is 8.66. The topological polar surface area (TPSA) is 90.9 Å². The molecule has 7 nitrogen and oxygen atoms in total. The zero-order valence-electron chi connectivity index (χ0n) is 14.7. The number of benzene rings is 2. The largest absolute Gasteiger partial charge is 0.497 e. The molecule has 0 spiro atoms. The molecule has 26 heavy (non-hydrogen) atoms. The summed E-state index contributed by atoms with van der Waals surface area (Å²) >= 11 is 0. The Labute approximate surface area is 150 Å². The minimum Gasteiger partial charge on any atom is -0.497 e. The van der Waals surface area contributed by atoms with E-state index in [0.29, 0.717) is 17.2 Å². The Balaban J connectivity index is 2.02. The van der Waals surface area contributed by atoms with Crippen LogP contribution in [-0.4, -0.2) is 38.5 Å². The van der Waals surface area contributed by atoms with Crippen LogP contribution in [0.2, 0.25) is 0 Å². The number of carbonyl (C=O) groups excluding carboxylic acids is 3. The van der Waals surface area contributed by atoms with Crippen molar-refractivity contribution in [2.75, 3.05) is 26.1 Å². The molecule has 1 N–H and O–H groups in total. The first-order valence-corrected chi connectivity index (χ1v) is 7.74. The number of nitrogens with one attached hydrogen (secondary N) is 1. The summed E-state index contributed by atoms with van der Waals surface area (Å²) < 4.78 is 15.3. The van der Waals surface area contributed by atoms with Crippen molar-refractivity contribution in [3.63, 3.8) is 0 Å². The molecule has 0 aliphatic rings. The SMILES string of the molecule is COc1ccc(OC)c(C(=O)COC(=O)c2ccc(NC(C)=O)cc2)c1. The maximum Gasteiger partial charge on any atom is 0.338 e. The lowest BCUT2D eigenvalue weighted by molar-refractivity contribution is -0.114. The molecule has 0 radical (unpaired) electrons. The molecule has 2 rings (SSSR count). The third-order valence-electron chi connectivity index (χ3n) is 3.48. The predicted octanol–water partition coefficient (Wildman–Crippen LogP) is 2.70. The summed E-state index contributed by atoms with van der Waals surface area (Å²) in [6.45, 7) is 0.955. The van der Waals surface area contributed by atoms with Crippen LogP contribution in [0, 0.1) is 0 Å². The molecule has 0 atom stereocenters. The lowest BCUT2D eigenvalue weighted by Gasteiger charge is -2.10. The van der Waals surface area contributed by atoms with Crippen molar-refractivity contribution < 1.29 is 28.6 Å². The molecule has 0 fully saturated rings. The van der Waals surface area contributed by atoms with Crippen LogP contribution in [0.4, 0.5) is 5.69 Å². The number of esters is 1. The quantitative estimate of drug-likeness (QED) is 0.605. The molecule has 0 aliphatic carbocycles. The average molecular weight is 357 g/mol. The van der Waals surface area contributed by atoms with Crippen LogP contribution < -0.4 is 14.8 Å². The van der Waals surface area contributed by atoms with Crippen LogP contribution in [0.1, 0.15) is 27.6 Å². The Morgan fingerprint density at radius 1 is 0.962 bits per heavy atom. The van der Waals surface area contributed by atoms with Crippen LogP contribution in [0.3, 0.4) is 0 Å². The van der Waals surface area contributed by atoms with Crippen LogP contribution in [-0.2, 0) is 9.53 Å². The van der Waals surface area contributed by atoms with E-state index in [4.69, 9.17) is 14.2 Å². The molecule has 0 unspecified atom stereocenters. The molecule has 2 aromatic rings. The van der Waals surface area contributed by atoms with Crippen molar-refractivity contribution in [2.45, 2.75) is 6.92 Å². The summed E-state index contributed by atoms with van der Waals surface area (Å²) in [5, 5.41) is 2.60. The Kier molecular flexibility index (Phi) is 6.32. The lowest BCUT2D eigenvalue weighted by Crippen LogP contribution is -2.15. The van der Waals surface area contributed by atoms with Gasteiger partial charge in [-0.2, -0.15) is 0 Å². The standard InChI is InChI=1S/C19H19NO6/c1-12(21)20-14-6-4-13(5-7-14)19(23)26-11-17(22)16-10-15(24-2)8-9-18(16)25-3/h4-10H,11H2,1-3H3,(H,20,21). The van der Waals surface area contributed by atoms with Gasteiger partial charge in [-0.15, -0.1) is 0 Å². The van der Waals surface area contributed by atoms with Crippen LogP contribution >= 0.6 is 0 Å². The van der Waals surface area contributed by atoms with Crippen molar-refractivity contribution in [1.29, 1.82) is 0 Å². The molecule has 0 heterocycles. The molecule has 0 aromatic heterocycles. The third kappa shape index (κ3) is 4.83. The van der Waals surface area contributed by atoms with E-state index in [1.807, 2.05) is 0 Å². The number of hydrogen-bond acceptors (Lipinski definition) is 6. The maximum absolute atomic E-state index is 12.3. The highest BCUT2D eigenvalue weighted by Crippen LogP contribution is 2.24. The Hall–Kier alpha value is -3.35. The first kappa shape index (κ1) is 19.0. The van der Waals surface area contributed by atoms with Gasteiger partial charge < -0.3 is 19.5 Å². The van der Waals surface area contributed by atoms with Crippen LogP contribution in [0.25, 0.3) is 0 Å². The summed E-state index contributed by atoms with van der Waals surface area (Å²) in [4.78, 5) is 35.4. The van der Waals surface area contributed by atoms with E-state index in [1.165, 1.54) is 39.3 Å². The first-order chi connectivity index (χ1) is 12.4. The number of carbonyl (C=O) groups is 3. The van der Waals surface area contributed by atoms with E-state index in [9.17, 15) is 14.4 Å². The van der Waals surface area contributed by atoms with E-state index in [-0.39, 0.29) is 17.0 Å². The van der Waals surface area contributed by atoms with Gasteiger partial charge in [0.15, 0.2) is 6.61 Å². The van der Waals surface area contributed by atoms with Gasteiger partial charge in [-0.1, -0.05) is 0 Å². The molecular weight excluding hydrogens is 338 g/mol. The number of ketones is 1. The maximum atomic E-state index is 12.3. The molecule has 7 heteroatoms. The Morgan fingerprint density at radius 2 is 1.65 bits per heavy atom.